The van der Waals surface area contributed by atoms with Crippen LogP contribution in [-0.4, -0.2) is 9.55 Å². The molecule has 0 bridgehead atoms. The van der Waals surface area contributed by atoms with Crippen molar-refractivity contribution in [2.45, 2.75) is 0 Å². The maximum Gasteiger partial charge on any atom is 0.129 e. The maximum atomic E-state index is 5.78. The van der Waals surface area contributed by atoms with Crippen molar-refractivity contribution >= 4 is 45.1 Å². The molecule has 2 aromatic rings. The number of hydrogen-bond acceptors (Lipinski definition) is 1. The Morgan fingerprint density at radius 3 is 3.08 bits per heavy atom. The molecule has 0 amide bonds. The van der Waals surface area contributed by atoms with Crippen LogP contribution in [0.5, 0.6) is 0 Å². The fourth-order valence-electron chi connectivity index (χ4n) is 1.20. The van der Waals surface area contributed by atoms with Crippen molar-refractivity contribution in [1.29, 1.82) is 0 Å². The summed E-state index contributed by atoms with van der Waals surface area (Å²) >= 11 is 8.06. The number of pyridine rings is 1. The molecule has 0 aromatic carbocycles. The summed E-state index contributed by atoms with van der Waals surface area (Å²) in [7, 11) is 2.00. The lowest BCUT2D eigenvalue weighted by Crippen LogP contribution is -1.84. The van der Waals surface area contributed by atoms with Gasteiger partial charge < -0.3 is 4.57 Å². The second-order valence-corrected chi connectivity index (χ2v) is 4.16. The third kappa shape index (κ3) is 1.21. The third-order valence-corrected chi connectivity index (χ3v) is 2.86. The number of hydrogen-bond donors (Lipinski definition) is 0. The molecule has 0 fully saturated rings. The molecule has 0 N–H and O–H groups in total. The van der Waals surface area contributed by atoms with Crippen LogP contribution in [0.4, 0.5) is 0 Å². The molecule has 2 aromatic heterocycles. The first-order chi connectivity index (χ1) is 5.68. The zero-order valence-electron chi connectivity index (χ0n) is 6.38. The summed E-state index contributed by atoms with van der Waals surface area (Å²) in [5.41, 5.74) is 1.11. The zero-order chi connectivity index (χ0) is 8.72. The first-order valence-electron chi connectivity index (χ1n) is 3.44. The van der Waals surface area contributed by atoms with Gasteiger partial charge in [0.2, 0.25) is 0 Å². The lowest BCUT2D eigenvalue weighted by molar-refractivity contribution is 0.962. The topological polar surface area (TPSA) is 17.8 Å². The van der Waals surface area contributed by atoms with E-state index >= 15 is 0 Å². The van der Waals surface area contributed by atoms with Crippen LogP contribution in [0.3, 0.4) is 0 Å². The van der Waals surface area contributed by atoms with Crippen molar-refractivity contribution in [1.82, 2.24) is 9.55 Å². The van der Waals surface area contributed by atoms with Crippen LogP contribution in [0.1, 0.15) is 0 Å². The SMILES string of the molecule is Cn1cc(I)c2cc(Cl)ncc21. The Labute approximate surface area is 88.7 Å². The van der Waals surface area contributed by atoms with Gasteiger partial charge in [-0.3, -0.25) is 0 Å². The van der Waals surface area contributed by atoms with Gasteiger partial charge in [0.15, 0.2) is 0 Å². The summed E-state index contributed by atoms with van der Waals surface area (Å²) in [5.74, 6) is 0. The van der Waals surface area contributed by atoms with E-state index in [0.717, 1.165) is 10.9 Å². The quantitative estimate of drug-likeness (QED) is 0.539. The predicted octanol–water partition coefficient (Wildman–Crippen LogP) is 2.83. The zero-order valence-corrected chi connectivity index (χ0v) is 9.30. The molecule has 0 saturated carbocycles. The molecule has 2 heterocycles. The van der Waals surface area contributed by atoms with E-state index in [4.69, 9.17) is 11.6 Å². The highest BCUT2D eigenvalue weighted by Crippen LogP contribution is 2.23. The van der Waals surface area contributed by atoms with Gasteiger partial charge in [-0.2, -0.15) is 0 Å². The van der Waals surface area contributed by atoms with Crippen LogP contribution in [0.25, 0.3) is 10.9 Å². The van der Waals surface area contributed by atoms with Crippen LogP contribution >= 0.6 is 34.2 Å². The number of fused-ring (bicyclic) bond motifs is 1. The highest BCUT2D eigenvalue weighted by atomic mass is 127. The summed E-state index contributed by atoms with van der Waals surface area (Å²) in [6.45, 7) is 0. The summed E-state index contributed by atoms with van der Waals surface area (Å²) < 4.78 is 3.25. The summed E-state index contributed by atoms with van der Waals surface area (Å²) in [6.07, 6.45) is 3.85. The van der Waals surface area contributed by atoms with Gasteiger partial charge in [-0.15, -0.1) is 0 Å². The summed E-state index contributed by atoms with van der Waals surface area (Å²) in [6, 6.07) is 1.89. The van der Waals surface area contributed by atoms with Crippen LogP contribution in [-0.2, 0) is 7.05 Å². The molecule has 2 rings (SSSR count). The minimum atomic E-state index is 0.548. The molecule has 4 heteroatoms. The molecule has 0 saturated heterocycles. The Morgan fingerprint density at radius 1 is 1.58 bits per heavy atom. The fourth-order valence-corrected chi connectivity index (χ4v) is 2.21. The lowest BCUT2D eigenvalue weighted by atomic mass is 10.3. The molecular formula is C8H6ClIN2. The van der Waals surface area contributed by atoms with Gasteiger partial charge in [0, 0.05) is 22.2 Å². The number of nitrogens with zero attached hydrogens (tertiary/aromatic N) is 2. The van der Waals surface area contributed by atoms with Gasteiger partial charge in [0.25, 0.3) is 0 Å². The predicted molar refractivity (Wildman–Crippen MR) is 58.4 cm³/mol. The third-order valence-electron chi connectivity index (χ3n) is 1.79. The molecule has 0 atom stereocenters. The van der Waals surface area contributed by atoms with Crippen molar-refractivity contribution in [3.05, 3.63) is 27.2 Å². The number of aromatic nitrogens is 2. The molecule has 0 spiro atoms. The second kappa shape index (κ2) is 2.88. The monoisotopic (exact) mass is 292 g/mol. The minimum absolute atomic E-state index is 0.548. The van der Waals surface area contributed by atoms with E-state index in [0.29, 0.717) is 5.15 Å². The Balaban J connectivity index is 2.90. The minimum Gasteiger partial charge on any atom is -0.348 e. The van der Waals surface area contributed by atoms with Crippen LogP contribution < -0.4 is 0 Å². The standard InChI is InChI=1S/C8H6ClIN2/c1-12-4-6(10)5-2-8(9)11-3-7(5)12/h2-4H,1H3. The van der Waals surface area contributed by atoms with Crippen molar-refractivity contribution < 1.29 is 0 Å². The van der Waals surface area contributed by atoms with E-state index in [1.807, 2.05) is 17.7 Å². The van der Waals surface area contributed by atoms with Crippen LogP contribution in [0.2, 0.25) is 5.15 Å². The van der Waals surface area contributed by atoms with Crippen LogP contribution in [0.15, 0.2) is 18.5 Å². The van der Waals surface area contributed by atoms with Gasteiger partial charge in [0.1, 0.15) is 5.15 Å². The molecule has 62 valence electrons. The van der Waals surface area contributed by atoms with Gasteiger partial charge in [-0.05, 0) is 28.7 Å². The first kappa shape index (κ1) is 8.31. The van der Waals surface area contributed by atoms with Gasteiger partial charge in [0.05, 0.1) is 11.7 Å². The highest BCUT2D eigenvalue weighted by molar-refractivity contribution is 14.1. The molecule has 0 aliphatic carbocycles. The van der Waals surface area contributed by atoms with E-state index in [1.54, 1.807) is 6.20 Å². The Kier molecular flexibility index (Phi) is 2.00. The summed E-state index contributed by atoms with van der Waals surface area (Å²) in [4.78, 5) is 4.02. The lowest BCUT2D eigenvalue weighted by Gasteiger charge is -1.94. The Hall–Kier alpha value is -0.290. The number of rotatable bonds is 0. The normalized spacial score (nSPS) is 10.9. The van der Waals surface area contributed by atoms with Crippen molar-refractivity contribution in [2.75, 3.05) is 0 Å². The number of halogens is 2. The summed E-state index contributed by atoms with van der Waals surface area (Å²) in [5, 5.41) is 1.71. The van der Waals surface area contributed by atoms with Crippen molar-refractivity contribution in [2.24, 2.45) is 7.05 Å². The van der Waals surface area contributed by atoms with E-state index in [9.17, 15) is 0 Å². The smallest absolute Gasteiger partial charge is 0.129 e. The average molecular weight is 293 g/mol. The molecule has 0 radical (unpaired) electrons. The van der Waals surface area contributed by atoms with Crippen LogP contribution in [0, 0.1) is 3.57 Å². The largest absolute Gasteiger partial charge is 0.348 e. The molecule has 0 aliphatic heterocycles. The second-order valence-electron chi connectivity index (χ2n) is 2.61. The van der Waals surface area contributed by atoms with E-state index in [1.165, 1.54) is 3.57 Å². The van der Waals surface area contributed by atoms with Crippen molar-refractivity contribution in [3.8, 4) is 0 Å². The molecule has 0 aliphatic rings. The van der Waals surface area contributed by atoms with E-state index in [2.05, 4.69) is 33.8 Å². The average Bonchev–Trinajstić information content (AvgIpc) is 2.28. The van der Waals surface area contributed by atoms with E-state index < -0.39 is 0 Å². The van der Waals surface area contributed by atoms with Crippen molar-refractivity contribution in [3.63, 3.8) is 0 Å². The highest BCUT2D eigenvalue weighted by Gasteiger charge is 2.04. The van der Waals surface area contributed by atoms with Gasteiger partial charge in [-0.1, -0.05) is 11.6 Å². The number of aryl methyl sites for hydroxylation is 1. The Bertz CT molecular complexity index is 436. The van der Waals surface area contributed by atoms with Gasteiger partial charge >= 0.3 is 0 Å². The molecular weight excluding hydrogens is 286 g/mol. The first-order valence-corrected chi connectivity index (χ1v) is 4.90. The Morgan fingerprint density at radius 2 is 2.33 bits per heavy atom. The molecule has 2 nitrogen and oxygen atoms in total. The maximum absolute atomic E-state index is 5.78. The molecule has 12 heavy (non-hydrogen) atoms. The fraction of sp³-hybridized carbons (Fsp3) is 0.125. The van der Waals surface area contributed by atoms with Gasteiger partial charge in [-0.25, -0.2) is 4.98 Å². The molecule has 0 unspecified atom stereocenters. The van der Waals surface area contributed by atoms with E-state index in [-0.39, 0.29) is 0 Å².